The number of rotatable bonds is 8. The van der Waals surface area contributed by atoms with Crippen molar-refractivity contribution in [1.29, 1.82) is 0 Å². The van der Waals surface area contributed by atoms with Gasteiger partial charge in [-0.1, -0.05) is 56.7 Å². The van der Waals surface area contributed by atoms with E-state index in [4.69, 9.17) is 0 Å². The summed E-state index contributed by atoms with van der Waals surface area (Å²) in [6, 6.07) is 8.87. The van der Waals surface area contributed by atoms with Crippen LogP contribution in [-0.4, -0.2) is 12.3 Å². The summed E-state index contributed by atoms with van der Waals surface area (Å²) in [7, 11) is 0. The Labute approximate surface area is 125 Å². The van der Waals surface area contributed by atoms with Gasteiger partial charge in [-0.3, -0.25) is 4.99 Å². The van der Waals surface area contributed by atoms with E-state index in [1.54, 1.807) is 0 Å². The SMILES string of the molecule is C=CC(CCCCCc1ccc(C)cc1)=NCC.CC. The van der Waals surface area contributed by atoms with Crippen molar-refractivity contribution in [2.45, 2.75) is 59.8 Å². The van der Waals surface area contributed by atoms with Gasteiger partial charge in [0.05, 0.1) is 0 Å². The highest BCUT2D eigenvalue weighted by Crippen LogP contribution is 2.10. The third-order valence-corrected chi connectivity index (χ3v) is 3.12. The molecule has 112 valence electrons. The van der Waals surface area contributed by atoms with E-state index in [1.807, 2.05) is 19.9 Å². The van der Waals surface area contributed by atoms with Gasteiger partial charge < -0.3 is 0 Å². The lowest BCUT2D eigenvalue weighted by Gasteiger charge is -2.03. The zero-order valence-electron chi connectivity index (χ0n) is 13.8. The Morgan fingerprint density at radius 1 is 1.10 bits per heavy atom. The van der Waals surface area contributed by atoms with E-state index in [9.17, 15) is 0 Å². The monoisotopic (exact) mass is 273 g/mol. The summed E-state index contributed by atoms with van der Waals surface area (Å²) in [5.74, 6) is 0. The molecule has 0 atom stereocenters. The molecule has 1 rings (SSSR count). The number of unbranched alkanes of at least 4 members (excludes halogenated alkanes) is 2. The van der Waals surface area contributed by atoms with Crippen LogP contribution in [-0.2, 0) is 6.42 Å². The van der Waals surface area contributed by atoms with E-state index >= 15 is 0 Å². The van der Waals surface area contributed by atoms with Crippen LogP contribution in [0.1, 0.15) is 57.6 Å². The van der Waals surface area contributed by atoms with Gasteiger partial charge in [-0.2, -0.15) is 0 Å². The molecule has 20 heavy (non-hydrogen) atoms. The molecule has 0 N–H and O–H groups in total. The fraction of sp³-hybridized carbons (Fsp3) is 0.526. The molecule has 1 nitrogen and oxygen atoms in total. The van der Waals surface area contributed by atoms with Crippen LogP contribution < -0.4 is 0 Å². The maximum Gasteiger partial charge on any atom is 0.0364 e. The Hall–Kier alpha value is -1.37. The minimum absolute atomic E-state index is 0.866. The lowest BCUT2D eigenvalue weighted by atomic mass is 10.0. The Balaban J connectivity index is 0.00000172. The Bertz CT molecular complexity index is 373. The molecule has 1 aromatic rings. The van der Waals surface area contributed by atoms with E-state index in [1.165, 1.54) is 36.8 Å². The zero-order chi connectivity index (χ0) is 15.2. The van der Waals surface area contributed by atoms with Crippen molar-refractivity contribution in [2.75, 3.05) is 6.54 Å². The summed E-state index contributed by atoms with van der Waals surface area (Å²) in [5.41, 5.74) is 3.95. The largest absolute Gasteiger partial charge is 0.290 e. The minimum Gasteiger partial charge on any atom is -0.290 e. The third-order valence-electron chi connectivity index (χ3n) is 3.12. The maximum absolute atomic E-state index is 4.41. The fourth-order valence-corrected chi connectivity index (χ4v) is 2.02. The van der Waals surface area contributed by atoms with Crippen molar-refractivity contribution in [3.05, 3.63) is 48.0 Å². The van der Waals surface area contributed by atoms with Gasteiger partial charge in [0.1, 0.15) is 0 Å². The second kappa shape index (κ2) is 12.7. The van der Waals surface area contributed by atoms with Gasteiger partial charge in [-0.15, -0.1) is 0 Å². The molecule has 0 aliphatic carbocycles. The molecule has 0 saturated carbocycles. The zero-order valence-corrected chi connectivity index (χ0v) is 13.8. The summed E-state index contributed by atoms with van der Waals surface area (Å²) < 4.78 is 0. The molecule has 0 heterocycles. The second-order valence-electron chi connectivity index (χ2n) is 4.72. The van der Waals surface area contributed by atoms with E-state index in [0.717, 1.165) is 18.7 Å². The summed E-state index contributed by atoms with van der Waals surface area (Å²) >= 11 is 0. The highest BCUT2D eigenvalue weighted by molar-refractivity contribution is 5.94. The van der Waals surface area contributed by atoms with Crippen LogP contribution in [0, 0.1) is 6.92 Å². The third kappa shape index (κ3) is 8.68. The molecule has 0 spiro atoms. The summed E-state index contributed by atoms with van der Waals surface area (Å²) in [4.78, 5) is 4.41. The number of aryl methyl sites for hydroxylation is 2. The van der Waals surface area contributed by atoms with Gasteiger partial charge >= 0.3 is 0 Å². The normalized spacial score (nSPS) is 10.7. The highest BCUT2D eigenvalue weighted by atomic mass is 14.7. The number of hydrogen-bond donors (Lipinski definition) is 0. The first-order valence-electron chi connectivity index (χ1n) is 7.97. The molecule has 1 aromatic carbocycles. The molecule has 0 aromatic heterocycles. The number of allylic oxidation sites excluding steroid dienone is 1. The van der Waals surface area contributed by atoms with Gasteiger partial charge in [0.2, 0.25) is 0 Å². The van der Waals surface area contributed by atoms with E-state index in [0.29, 0.717) is 0 Å². The van der Waals surface area contributed by atoms with Crippen LogP contribution in [0.5, 0.6) is 0 Å². The van der Waals surface area contributed by atoms with Crippen molar-refractivity contribution < 1.29 is 0 Å². The lowest BCUT2D eigenvalue weighted by Crippen LogP contribution is -1.95. The average Bonchev–Trinajstić information content (AvgIpc) is 2.49. The van der Waals surface area contributed by atoms with Gasteiger partial charge in [-0.25, -0.2) is 0 Å². The topological polar surface area (TPSA) is 12.4 Å². The van der Waals surface area contributed by atoms with Crippen molar-refractivity contribution in [2.24, 2.45) is 4.99 Å². The molecule has 0 unspecified atom stereocenters. The van der Waals surface area contributed by atoms with Crippen molar-refractivity contribution >= 4 is 5.71 Å². The Morgan fingerprint density at radius 2 is 1.75 bits per heavy atom. The highest BCUT2D eigenvalue weighted by Gasteiger charge is 1.96. The summed E-state index contributed by atoms with van der Waals surface area (Å²) in [5, 5.41) is 0. The quantitative estimate of drug-likeness (QED) is 0.421. The molecule has 1 heteroatoms. The molecular formula is C19H31N. The predicted octanol–water partition coefficient (Wildman–Crippen LogP) is 5.77. The van der Waals surface area contributed by atoms with Crippen molar-refractivity contribution in [3.8, 4) is 0 Å². The first kappa shape index (κ1) is 18.6. The Kier molecular flexibility index (Phi) is 11.8. The minimum atomic E-state index is 0.866. The first-order chi connectivity index (χ1) is 9.76. The standard InChI is InChI=1S/C17H25N.C2H6/c1-4-17(18-5-2)10-8-6-7-9-16-13-11-15(3)12-14-16;1-2/h4,11-14H,1,5-10H2,2-3H3;1-2H3. The summed E-state index contributed by atoms with van der Waals surface area (Å²) in [6.45, 7) is 12.9. The van der Waals surface area contributed by atoms with E-state index in [-0.39, 0.29) is 0 Å². The molecule has 0 fully saturated rings. The predicted molar refractivity (Wildman–Crippen MR) is 92.9 cm³/mol. The van der Waals surface area contributed by atoms with Crippen LogP contribution >= 0.6 is 0 Å². The molecule has 0 radical (unpaired) electrons. The second-order valence-corrected chi connectivity index (χ2v) is 4.72. The lowest BCUT2D eigenvalue weighted by molar-refractivity contribution is 0.696. The van der Waals surface area contributed by atoms with Gasteiger partial charge in [0.15, 0.2) is 0 Å². The van der Waals surface area contributed by atoms with Crippen LogP contribution in [0.4, 0.5) is 0 Å². The van der Waals surface area contributed by atoms with Gasteiger partial charge in [0, 0.05) is 12.3 Å². The van der Waals surface area contributed by atoms with Gasteiger partial charge in [0.25, 0.3) is 0 Å². The smallest absolute Gasteiger partial charge is 0.0364 e. The van der Waals surface area contributed by atoms with Gasteiger partial charge in [-0.05, 0) is 51.2 Å². The number of nitrogens with zero attached hydrogens (tertiary/aromatic N) is 1. The van der Waals surface area contributed by atoms with Crippen molar-refractivity contribution in [3.63, 3.8) is 0 Å². The molecule has 0 aliphatic heterocycles. The van der Waals surface area contributed by atoms with Crippen LogP contribution in [0.3, 0.4) is 0 Å². The Morgan fingerprint density at radius 3 is 2.30 bits per heavy atom. The molecule has 0 aliphatic rings. The molecule has 0 saturated heterocycles. The fourth-order valence-electron chi connectivity index (χ4n) is 2.02. The number of benzene rings is 1. The molecule has 0 amide bonds. The van der Waals surface area contributed by atoms with E-state index < -0.39 is 0 Å². The van der Waals surface area contributed by atoms with E-state index in [2.05, 4.69) is 49.7 Å². The van der Waals surface area contributed by atoms with Crippen LogP contribution in [0.25, 0.3) is 0 Å². The summed E-state index contributed by atoms with van der Waals surface area (Å²) in [6.07, 6.45) is 7.91. The number of aliphatic imine (C=N–C) groups is 1. The molecule has 0 bridgehead atoms. The molecular weight excluding hydrogens is 242 g/mol. The van der Waals surface area contributed by atoms with Crippen LogP contribution in [0.2, 0.25) is 0 Å². The average molecular weight is 273 g/mol. The first-order valence-corrected chi connectivity index (χ1v) is 7.97. The van der Waals surface area contributed by atoms with Crippen molar-refractivity contribution in [1.82, 2.24) is 0 Å². The number of hydrogen-bond acceptors (Lipinski definition) is 1. The maximum atomic E-state index is 4.41. The van der Waals surface area contributed by atoms with Crippen LogP contribution in [0.15, 0.2) is 41.9 Å².